The quantitative estimate of drug-likeness (QED) is 0.560. The van der Waals surface area contributed by atoms with Gasteiger partial charge in [-0.15, -0.1) is 11.3 Å². The third kappa shape index (κ3) is 4.87. The number of thiophene rings is 1. The molecule has 0 atom stereocenters. The van der Waals surface area contributed by atoms with Gasteiger partial charge in [-0.2, -0.15) is 5.10 Å². The number of aromatic nitrogens is 2. The summed E-state index contributed by atoms with van der Waals surface area (Å²) >= 11 is 1.60. The fourth-order valence-corrected chi connectivity index (χ4v) is 5.61. The molecule has 0 saturated heterocycles. The standard InChI is InChI=1S/C26H30N4O3S/c1-33-20-10-8-18(9-11-20)16-30-23-12-13-29(24(31)15-21-7-4-14-34-21)17-22(23)25(28-30)26(32)27-19-5-2-3-6-19/h4,7-11,14,19H,2-3,5-6,12-13,15-17H2,1H3,(H,27,32). The van der Waals surface area contributed by atoms with E-state index in [0.717, 1.165) is 53.1 Å². The molecule has 8 heteroatoms. The number of amides is 2. The zero-order valence-electron chi connectivity index (χ0n) is 19.5. The minimum absolute atomic E-state index is 0.0955. The van der Waals surface area contributed by atoms with Crippen LogP contribution in [0.4, 0.5) is 0 Å². The third-order valence-corrected chi connectivity index (χ3v) is 7.67. The van der Waals surface area contributed by atoms with E-state index in [2.05, 4.69) is 5.32 Å². The van der Waals surface area contributed by atoms with E-state index in [0.29, 0.717) is 38.2 Å². The van der Waals surface area contributed by atoms with Gasteiger partial charge >= 0.3 is 0 Å². The number of ether oxygens (including phenoxy) is 1. The highest BCUT2D eigenvalue weighted by Gasteiger charge is 2.31. The normalized spacial score (nSPS) is 15.9. The Morgan fingerprint density at radius 3 is 2.68 bits per heavy atom. The maximum atomic E-state index is 13.2. The van der Waals surface area contributed by atoms with Crippen molar-refractivity contribution in [2.24, 2.45) is 0 Å². The number of methoxy groups -OCH3 is 1. The Labute approximate surface area is 203 Å². The first-order valence-corrected chi connectivity index (χ1v) is 12.8. The fourth-order valence-electron chi connectivity index (χ4n) is 4.92. The fraction of sp³-hybridized carbons (Fsp3) is 0.423. The maximum absolute atomic E-state index is 13.2. The molecule has 1 aliphatic heterocycles. The number of nitrogens with zero attached hydrogens (tertiary/aromatic N) is 3. The van der Waals surface area contributed by atoms with Crippen molar-refractivity contribution in [3.05, 3.63) is 69.2 Å². The first-order chi connectivity index (χ1) is 16.6. The van der Waals surface area contributed by atoms with Crippen LogP contribution in [-0.4, -0.2) is 46.2 Å². The summed E-state index contributed by atoms with van der Waals surface area (Å²) in [4.78, 5) is 29.2. The maximum Gasteiger partial charge on any atom is 0.272 e. The van der Waals surface area contributed by atoms with Crippen molar-refractivity contribution in [3.63, 3.8) is 0 Å². The Morgan fingerprint density at radius 2 is 1.97 bits per heavy atom. The SMILES string of the molecule is COc1ccc(Cn2nc(C(=O)NC3CCCC3)c3c2CCN(C(=O)Cc2cccs2)C3)cc1. The van der Waals surface area contributed by atoms with Gasteiger partial charge in [-0.1, -0.05) is 31.0 Å². The highest BCUT2D eigenvalue weighted by molar-refractivity contribution is 7.10. The number of carbonyl (C=O) groups is 2. The lowest BCUT2D eigenvalue weighted by atomic mass is 10.0. The van der Waals surface area contributed by atoms with Crippen molar-refractivity contribution >= 4 is 23.2 Å². The van der Waals surface area contributed by atoms with Crippen molar-refractivity contribution in [2.45, 2.75) is 57.7 Å². The van der Waals surface area contributed by atoms with E-state index >= 15 is 0 Å². The smallest absolute Gasteiger partial charge is 0.272 e. The van der Waals surface area contributed by atoms with E-state index in [-0.39, 0.29) is 17.9 Å². The molecular formula is C26H30N4O3S. The lowest BCUT2D eigenvalue weighted by Gasteiger charge is -2.28. The summed E-state index contributed by atoms with van der Waals surface area (Å²) in [6.07, 6.45) is 5.43. The van der Waals surface area contributed by atoms with E-state index in [9.17, 15) is 9.59 Å². The average Bonchev–Trinajstić information content (AvgIpc) is 3.62. The Morgan fingerprint density at radius 1 is 1.18 bits per heavy atom. The van der Waals surface area contributed by atoms with Gasteiger partial charge in [0.2, 0.25) is 5.91 Å². The summed E-state index contributed by atoms with van der Waals surface area (Å²) in [5.41, 5.74) is 3.48. The van der Waals surface area contributed by atoms with E-state index < -0.39 is 0 Å². The molecule has 0 unspecified atom stereocenters. The lowest BCUT2D eigenvalue weighted by molar-refractivity contribution is -0.131. The van der Waals surface area contributed by atoms with Gasteiger partial charge < -0.3 is 15.0 Å². The largest absolute Gasteiger partial charge is 0.497 e. The molecule has 1 N–H and O–H groups in total. The number of carbonyl (C=O) groups excluding carboxylic acids is 2. The minimum Gasteiger partial charge on any atom is -0.497 e. The van der Waals surface area contributed by atoms with Crippen LogP contribution < -0.4 is 10.1 Å². The van der Waals surface area contributed by atoms with Crippen molar-refractivity contribution < 1.29 is 14.3 Å². The van der Waals surface area contributed by atoms with Gasteiger partial charge in [0.15, 0.2) is 5.69 Å². The molecule has 2 aliphatic rings. The van der Waals surface area contributed by atoms with Gasteiger partial charge in [0.25, 0.3) is 5.91 Å². The van der Waals surface area contributed by atoms with Crippen LogP contribution in [0.2, 0.25) is 0 Å². The molecule has 2 aromatic heterocycles. The average molecular weight is 479 g/mol. The molecular weight excluding hydrogens is 448 g/mol. The van der Waals surface area contributed by atoms with Crippen LogP contribution in [0, 0.1) is 0 Å². The molecule has 3 aromatic rings. The Hall–Kier alpha value is -3.13. The number of nitrogens with one attached hydrogen (secondary N) is 1. The monoisotopic (exact) mass is 478 g/mol. The van der Waals surface area contributed by atoms with Gasteiger partial charge in [0.05, 0.1) is 20.1 Å². The number of benzene rings is 1. The van der Waals surface area contributed by atoms with Crippen LogP contribution in [-0.2, 0) is 30.7 Å². The Balaban J connectivity index is 1.40. The Bertz CT molecular complexity index is 1150. The summed E-state index contributed by atoms with van der Waals surface area (Å²) in [6, 6.07) is 12.1. The molecule has 34 heavy (non-hydrogen) atoms. The predicted molar refractivity (Wildman–Crippen MR) is 131 cm³/mol. The van der Waals surface area contributed by atoms with Crippen molar-refractivity contribution in [1.29, 1.82) is 0 Å². The van der Waals surface area contributed by atoms with Crippen LogP contribution in [0.25, 0.3) is 0 Å². The molecule has 1 aliphatic carbocycles. The predicted octanol–water partition coefficient (Wildman–Crippen LogP) is 3.80. The summed E-state index contributed by atoms with van der Waals surface area (Å²) in [7, 11) is 1.65. The van der Waals surface area contributed by atoms with Crippen LogP contribution in [0.5, 0.6) is 5.75 Å². The van der Waals surface area contributed by atoms with Crippen molar-refractivity contribution in [3.8, 4) is 5.75 Å². The molecule has 7 nitrogen and oxygen atoms in total. The van der Waals surface area contributed by atoms with E-state index in [1.807, 2.05) is 51.4 Å². The highest BCUT2D eigenvalue weighted by Crippen LogP contribution is 2.26. The molecule has 0 spiro atoms. The van der Waals surface area contributed by atoms with Crippen LogP contribution >= 0.6 is 11.3 Å². The molecule has 5 rings (SSSR count). The summed E-state index contributed by atoms with van der Waals surface area (Å²) in [5.74, 6) is 0.783. The van der Waals surface area contributed by atoms with Gasteiger partial charge in [0.1, 0.15) is 5.75 Å². The Kier molecular flexibility index (Phi) is 6.67. The zero-order chi connectivity index (χ0) is 23.5. The second-order valence-electron chi connectivity index (χ2n) is 9.06. The highest BCUT2D eigenvalue weighted by atomic mass is 32.1. The number of fused-ring (bicyclic) bond motifs is 1. The number of rotatable bonds is 7. The molecule has 178 valence electrons. The molecule has 1 aromatic carbocycles. The van der Waals surface area contributed by atoms with Gasteiger partial charge in [-0.05, 0) is 42.0 Å². The summed E-state index contributed by atoms with van der Waals surface area (Å²) in [6.45, 7) is 1.64. The van der Waals surface area contributed by atoms with E-state index in [1.54, 1.807) is 18.4 Å². The van der Waals surface area contributed by atoms with Gasteiger partial charge in [0, 0.05) is 41.7 Å². The van der Waals surface area contributed by atoms with Crippen LogP contribution in [0.15, 0.2) is 41.8 Å². The second kappa shape index (κ2) is 10.0. The lowest BCUT2D eigenvalue weighted by Crippen LogP contribution is -2.38. The third-order valence-electron chi connectivity index (χ3n) is 6.79. The first-order valence-electron chi connectivity index (χ1n) is 11.9. The van der Waals surface area contributed by atoms with Crippen molar-refractivity contribution in [2.75, 3.05) is 13.7 Å². The van der Waals surface area contributed by atoms with E-state index in [1.165, 1.54) is 0 Å². The first kappa shape index (κ1) is 22.7. The van der Waals surface area contributed by atoms with E-state index in [4.69, 9.17) is 9.84 Å². The molecule has 0 bridgehead atoms. The van der Waals surface area contributed by atoms with Gasteiger partial charge in [-0.25, -0.2) is 0 Å². The number of hydrogen-bond acceptors (Lipinski definition) is 5. The van der Waals surface area contributed by atoms with Gasteiger partial charge in [-0.3, -0.25) is 14.3 Å². The zero-order valence-corrected chi connectivity index (χ0v) is 20.3. The molecule has 2 amide bonds. The molecule has 1 saturated carbocycles. The second-order valence-corrected chi connectivity index (χ2v) is 10.1. The topological polar surface area (TPSA) is 76.5 Å². The van der Waals surface area contributed by atoms with Crippen LogP contribution in [0.1, 0.15) is 57.9 Å². The molecule has 3 heterocycles. The summed E-state index contributed by atoms with van der Waals surface area (Å²) in [5, 5.41) is 9.96. The number of hydrogen-bond donors (Lipinski definition) is 1. The molecule has 0 radical (unpaired) electrons. The molecule has 1 fully saturated rings. The minimum atomic E-state index is -0.121. The van der Waals surface area contributed by atoms with Crippen LogP contribution in [0.3, 0.4) is 0 Å². The summed E-state index contributed by atoms with van der Waals surface area (Å²) < 4.78 is 7.21. The van der Waals surface area contributed by atoms with Crippen molar-refractivity contribution in [1.82, 2.24) is 20.0 Å².